The van der Waals surface area contributed by atoms with Crippen molar-refractivity contribution in [2.24, 2.45) is 0 Å². The third-order valence-corrected chi connectivity index (χ3v) is 4.77. The summed E-state index contributed by atoms with van der Waals surface area (Å²) in [6.07, 6.45) is 1.89. The molecule has 23 heavy (non-hydrogen) atoms. The molecule has 1 atom stereocenters. The zero-order valence-corrected chi connectivity index (χ0v) is 14.2. The Bertz CT molecular complexity index is 825. The lowest BCUT2D eigenvalue weighted by atomic mass is 10.3. The summed E-state index contributed by atoms with van der Waals surface area (Å²) in [7, 11) is 1.79. The summed E-state index contributed by atoms with van der Waals surface area (Å²) >= 11 is 1.67. The fourth-order valence-electron chi connectivity index (χ4n) is 2.37. The topological polar surface area (TPSA) is 62.5 Å². The summed E-state index contributed by atoms with van der Waals surface area (Å²) in [5.41, 5.74) is 1.98. The maximum absolute atomic E-state index is 12.4. The summed E-state index contributed by atoms with van der Waals surface area (Å²) in [6, 6.07) is 7.42. The molecule has 1 N–H and O–H groups in total. The number of urea groups is 1. The van der Waals surface area contributed by atoms with Crippen molar-refractivity contribution in [2.45, 2.75) is 26.4 Å². The normalized spacial score (nSPS) is 12.3. The van der Waals surface area contributed by atoms with Crippen LogP contribution in [0.15, 0.2) is 35.8 Å². The standard InChI is InChI=1S/C16H19N5OS/c1-11-7-9-23-13(11)10-20(3)16(22)17-12(2)15-19-18-14-6-4-5-8-21(14)15/h4-9,12H,10H2,1-3H3,(H,17,22). The highest BCUT2D eigenvalue weighted by Gasteiger charge is 2.18. The van der Waals surface area contributed by atoms with E-state index in [-0.39, 0.29) is 12.1 Å². The molecule has 0 aliphatic carbocycles. The van der Waals surface area contributed by atoms with E-state index in [0.717, 1.165) is 11.5 Å². The molecule has 0 fully saturated rings. The molecule has 0 radical (unpaired) electrons. The zero-order chi connectivity index (χ0) is 16.4. The summed E-state index contributed by atoms with van der Waals surface area (Å²) in [5.74, 6) is 0.717. The van der Waals surface area contributed by atoms with Crippen molar-refractivity contribution in [1.82, 2.24) is 24.8 Å². The fourth-order valence-corrected chi connectivity index (χ4v) is 3.33. The number of nitrogens with zero attached hydrogens (tertiary/aromatic N) is 4. The molecule has 0 aromatic carbocycles. The Morgan fingerprint density at radius 1 is 1.39 bits per heavy atom. The fraction of sp³-hybridized carbons (Fsp3) is 0.312. The molecular weight excluding hydrogens is 310 g/mol. The monoisotopic (exact) mass is 329 g/mol. The molecule has 1 unspecified atom stereocenters. The number of hydrogen-bond donors (Lipinski definition) is 1. The summed E-state index contributed by atoms with van der Waals surface area (Å²) in [4.78, 5) is 15.3. The van der Waals surface area contributed by atoms with Crippen LogP contribution in [0.2, 0.25) is 0 Å². The van der Waals surface area contributed by atoms with Crippen LogP contribution in [0.5, 0.6) is 0 Å². The van der Waals surface area contributed by atoms with E-state index in [1.807, 2.05) is 41.1 Å². The molecule has 2 amide bonds. The lowest BCUT2D eigenvalue weighted by molar-refractivity contribution is 0.203. The number of aryl methyl sites for hydroxylation is 1. The van der Waals surface area contributed by atoms with Gasteiger partial charge in [0.1, 0.15) is 0 Å². The van der Waals surface area contributed by atoms with E-state index in [9.17, 15) is 4.79 Å². The SMILES string of the molecule is Cc1ccsc1CN(C)C(=O)NC(C)c1nnc2ccccn12. The van der Waals surface area contributed by atoms with Crippen molar-refractivity contribution in [3.8, 4) is 0 Å². The third-order valence-electron chi connectivity index (χ3n) is 3.76. The minimum Gasteiger partial charge on any atom is -0.328 e. The van der Waals surface area contributed by atoms with Gasteiger partial charge in [-0.05, 0) is 43.0 Å². The molecule has 7 heteroatoms. The van der Waals surface area contributed by atoms with Crippen LogP contribution in [0.1, 0.15) is 29.2 Å². The van der Waals surface area contributed by atoms with E-state index in [4.69, 9.17) is 0 Å². The smallest absolute Gasteiger partial charge is 0.318 e. The minimum atomic E-state index is -0.230. The second-order valence-electron chi connectivity index (χ2n) is 5.54. The number of amides is 2. The van der Waals surface area contributed by atoms with Crippen LogP contribution in [0.4, 0.5) is 4.79 Å². The van der Waals surface area contributed by atoms with E-state index < -0.39 is 0 Å². The molecule has 3 aromatic rings. The number of hydrogen-bond acceptors (Lipinski definition) is 4. The zero-order valence-electron chi connectivity index (χ0n) is 13.4. The van der Waals surface area contributed by atoms with Crippen molar-refractivity contribution in [3.63, 3.8) is 0 Å². The molecule has 0 saturated heterocycles. The first-order valence-electron chi connectivity index (χ1n) is 7.40. The van der Waals surface area contributed by atoms with Crippen LogP contribution in [-0.4, -0.2) is 32.6 Å². The predicted molar refractivity (Wildman–Crippen MR) is 90.5 cm³/mol. The number of thiophene rings is 1. The first-order valence-corrected chi connectivity index (χ1v) is 8.28. The Morgan fingerprint density at radius 3 is 2.96 bits per heavy atom. The van der Waals surface area contributed by atoms with Gasteiger partial charge in [-0.1, -0.05) is 6.07 Å². The molecule has 0 aliphatic rings. The van der Waals surface area contributed by atoms with Crippen molar-refractivity contribution in [3.05, 3.63) is 52.1 Å². The van der Waals surface area contributed by atoms with Gasteiger partial charge in [-0.25, -0.2) is 4.79 Å². The number of pyridine rings is 1. The third kappa shape index (κ3) is 3.19. The summed E-state index contributed by atoms with van der Waals surface area (Å²) in [5, 5.41) is 13.3. The number of nitrogens with one attached hydrogen (secondary N) is 1. The van der Waals surface area contributed by atoms with E-state index in [1.165, 1.54) is 10.4 Å². The van der Waals surface area contributed by atoms with Gasteiger partial charge in [0.15, 0.2) is 11.5 Å². The Labute approximate surface area is 138 Å². The molecule has 0 saturated carbocycles. The largest absolute Gasteiger partial charge is 0.328 e. The molecule has 3 heterocycles. The Kier molecular flexibility index (Phi) is 4.29. The Hall–Kier alpha value is -2.41. The van der Waals surface area contributed by atoms with Crippen LogP contribution in [-0.2, 0) is 6.54 Å². The number of rotatable bonds is 4. The highest BCUT2D eigenvalue weighted by molar-refractivity contribution is 7.10. The first kappa shape index (κ1) is 15.5. The van der Waals surface area contributed by atoms with Crippen LogP contribution in [0.3, 0.4) is 0 Å². The predicted octanol–water partition coefficient (Wildman–Crippen LogP) is 3.00. The van der Waals surface area contributed by atoms with E-state index >= 15 is 0 Å². The highest BCUT2D eigenvalue weighted by atomic mass is 32.1. The Morgan fingerprint density at radius 2 is 2.22 bits per heavy atom. The molecule has 120 valence electrons. The molecule has 0 bridgehead atoms. The van der Waals surface area contributed by atoms with Gasteiger partial charge in [-0.15, -0.1) is 21.5 Å². The number of fused-ring (bicyclic) bond motifs is 1. The van der Waals surface area contributed by atoms with Gasteiger partial charge in [0.25, 0.3) is 0 Å². The summed E-state index contributed by atoms with van der Waals surface area (Å²) in [6.45, 7) is 4.57. The molecular formula is C16H19N5OS. The first-order chi connectivity index (χ1) is 11.1. The van der Waals surface area contributed by atoms with Gasteiger partial charge in [-0.2, -0.15) is 0 Å². The average Bonchev–Trinajstić information content (AvgIpc) is 3.14. The number of carbonyl (C=O) groups excluding carboxylic acids is 1. The van der Waals surface area contributed by atoms with E-state index in [0.29, 0.717) is 6.54 Å². The van der Waals surface area contributed by atoms with E-state index in [1.54, 1.807) is 23.3 Å². The van der Waals surface area contributed by atoms with E-state index in [2.05, 4.69) is 28.5 Å². The van der Waals surface area contributed by atoms with Gasteiger partial charge in [0, 0.05) is 18.1 Å². The van der Waals surface area contributed by atoms with Crippen molar-refractivity contribution in [1.29, 1.82) is 0 Å². The maximum atomic E-state index is 12.4. The quantitative estimate of drug-likeness (QED) is 0.800. The maximum Gasteiger partial charge on any atom is 0.318 e. The molecule has 3 aromatic heterocycles. The number of aromatic nitrogens is 3. The molecule has 0 aliphatic heterocycles. The highest BCUT2D eigenvalue weighted by Crippen LogP contribution is 2.18. The van der Waals surface area contributed by atoms with Crippen LogP contribution < -0.4 is 5.32 Å². The van der Waals surface area contributed by atoms with Gasteiger partial charge < -0.3 is 10.2 Å². The van der Waals surface area contributed by atoms with Gasteiger partial charge in [0.05, 0.1) is 12.6 Å². The van der Waals surface area contributed by atoms with Gasteiger partial charge >= 0.3 is 6.03 Å². The lowest BCUT2D eigenvalue weighted by Crippen LogP contribution is -2.38. The average molecular weight is 329 g/mol. The van der Waals surface area contributed by atoms with Gasteiger partial charge in [-0.3, -0.25) is 4.40 Å². The van der Waals surface area contributed by atoms with Crippen molar-refractivity contribution >= 4 is 23.0 Å². The van der Waals surface area contributed by atoms with Crippen LogP contribution >= 0.6 is 11.3 Å². The molecule has 3 rings (SSSR count). The number of carbonyl (C=O) groups is 1. The van der Waals surface area contributed by atoms with Crippen molar-refractivity contribution < 1.29 is 4.79 Å². The van der Waals surface area contributed by atoms with Crippen molar-refractivity contribution in [2.75, 3.05) is 7.05 Å². The van der Waals surface area contributed by atoms with Gasteiger partial charge in [0.2, 0.25) is 0 Å². The Balaban J connectivity index is 1.68. The molecule has 0 spiro atoms. The second kappa shape index (κ2) is 6.37. The minimum absolute atomic E-state index is 0.127. The van der Waals surface area contributed by atoms with Crippen LogP contribution in [0.25, 0.3) is 5.65 Å². The summed E-state index contributed by atoms with van der Waals surface area (Å²) < 4.78 is 1.88. The molecule has 6 nitrogen and oxygen atoms in total. The van der Waals surface area contributed by atoms with Crippen LogP contribution in [0, 0.1) is 6.92 Å². The lowest BCUT2D eigenvalue weighted by Gasteiger charge is -2.20. The second-order valence-corrected chi connectivity index (χ2v) is 6.54.